The highest BCUT2D eigenvalue weighted by atomic mass is 19.1. The number of fused-ring (bicyclic) bond motifs is 1. The first-order chi connectivity index (χ1) is 15.4. The third-order valence-electron chi connectivity index (χ3n) is 5.96. The summed E-state index contributed by atoms with van der Waals surface area (Å²) in [5.74, 6) is -0.445. The Kier molecular flexibility index (Phi) is 6.28. The van der Waals surface area contributed by atoms with Gasteiger partial charge in [-0.15, -0.1) is 0 Å². The lowest BCUT2D eigenvalue weighted by Crippen LogP contribution is -2.36. The SMILES string of the molecule is CCOC(=O)C1CCN(Cc2c(O)cc(C)c3c2O/C(=C/c2cccc(F)c2)C3=O)CC1. The molecule has 2 aromatic carbocycles. The molecule has 0 aliphatic carbocycles. The van der Waals surface area contributed by atoms with Gasteiger partial charge in [-0.3, -0.25) is 14.5 Å². The quantitative estimate of drug-likeness (QED) is 0.555. The van der Waals surface area contributed by atoms with Crippen LogP contribution >= 0.6 is 0 Å². The number of esters is 1. The number of ketones is 1. The fourth-order valence-corrected chi connectivity index (χ4v) is 4.29. The molecule has 0 spiro atoms. The smallest absolute Gasteiger partial charge is 0.309 e. The molecule has 0 bridgehead atoms. The van der Waals surface area contributed by atoms with E-state index in [2.05, 4.69) is 4.90 Å². The van der Waals surface area contributed by atoms with Crippen molar-refractivity contribution in [3.8, 4) is 11.5 Å². The normalized spacial score (nSPS) is 18.0. The molecule has 1 saturated heterocycles. The van der Waals surface area contributed by atoms with Gasteiger partial charge in [-0.2, -0.15) is 0 Å². The fraction of sp³-hybridized carbons (Fsp3) is 0.360. The first-order valence-corrected chi connectivity index (χ1v) is 10.8. The highest BCUT2D eigenvalue weighted by Gasteiger charge is 2.34. The lowest BCUT2D eigenvalue weighted by molar-refractivity contribution is -0.149. The standard InChI is InChI=1S/C25H26FNO5/c1-3-31-25(30)17-7-9-27(10-8-17)14-19-20(28)11-15(2)22-23(29)21(32-24(19)22)13-16-5-4-6-18(26)12-16/h4-6,11-13,17,28H,3,7-10,14H2,1-2H3/b21-13+. The van der Waals surface area contributed by atoms with Crippen molar-refractivity contribution in [3.63, 3.8) is 0 Å². The minimum atomic E-state index is -0.400. The molecule has 0 saturated carbocycles. The van der Waals surface area contributed by atoms with Gasteiger partial charge in [0.05, 0.1) is 23.7 Å². The van der Waals surface area contributed by atoms with Crippen LogP contribution in [-0.4, -0.2) is 41.5 Å². The lowest BCUT2D eigenvalue weighted by atomic mass is 9.95. The first kappa shape index (κ1) is 22.0. The second-order valence-electron chi connectivity index (χ2n) is 8.19. The molecular formula is C25H26FNO5. The number of piperidine rings is 1. The summed E-state index contributed by atoms with van der Waals surface area (Å²) in [6.07, 6.45) is 2.87. The molecule has 4 rings (SSSR count). The van der Waals surface area contributed by atoms with Crippen molar-refractivity contribution in [1.29, 1.82) is 0 Å². The highest BCUT2D eigenvalue weighted by Crippen LogP contribution is 2.42. The second-order valence-corrected chi connectivity index (χ2v) is 8.19. The Balaban J connectivity index is 1.56. The van der Waals surface area contributed by atoms with Crippen LogP contribution in [0.5, 0.6) is 11.5 Å². The summed E-state index contributed by atoms with van der Waals surface area (Å²) in [6, 6.07) is 7.49. The molecule has 0 unspecified atom stereocenters. The number of nitrogens with zero attached hydrogens (tertiary/aromatic N) is 1. The minimum absolute atomic E-state index is 0.0635. The Hall–Kier alpha value is -3.19. The molecule has 0 atom stereocenters. The van der Waals surface area contributed by atoms with Gasteiger partial charge in [0.2, 0.25) is 5.78 Å². The molecule has 6 nitrogen and oxygen atoms in total. The average molecular weight is 439 g/mol. The predicted molar refractivity (Wildman–Crippen MR) is 117 cm³/mol. The van der Waals surface area contributed by atoms with E-state index in [0.717, 1.165) is 0 Å². The van der Waals surface area contributed by atoms with E-state index in [1.807, 2.05) is 0 Å². The van der Waals surface area contributed by atoms with Crippen LogP contribution in [0.3, 0.4) is 0 Å². The molecule has 2 aromatic rings. The molecule has 0 amide bonds. The Morgan fingerprint density at radius 3 is 2.75 bits per heavy atom. The number of phenolic OH excluding ortho intramolecular Hbond substituents is 1. The van der Waals surface area contributed by atoms with Gasteiger partial charge in [-0.1, -0.05) is 12.1 Å². The van der Waals surface area contributed by atoms with Crippen LogP contribution in [0.2, 0.25) is 0 Å². The predicted octanol–water partition coefficient (Wildman–Crippen LogP) is 4.23. The largest absolute Gasteiger partial charge is 0.507 e. The third kappa shape index (κ3) is 4.39. The third-order valence-corrected chi connectivity index (χ3v) is 5.96. The number of benzene rings is 2. The maximum absolute atomic E-state index is 13.5. The van der Waals surface area contributed by atoms with Gasteiger partial charge in [-0.05, 0) is 75.2 Å². The monoisotopic (exact) mass is 439 g/mol. The van der Waals surface area contributed by atoms with E-state index < -0.39 is 5.82 Å². The summed E-state index contributed by atoms with van der Waals surface area (Å²) < 4.78 is 24.6. The number of ether oxygens (including phenoxy) is 2. The summed E-state index contributed by atoms with van der Waals surface area (Å²) in [6.45, 7) is 5.66. The van der Waals surface area contributed by atoms with Crippen molar-refractivity contribution in [2.75, 3.05) is 19.7 Å². The maximum atomic E-state index is 13.5. The van der Waals surface area contributed by atoms with Crippen molar-refractivity contribution in [2.24, 2.45) is 5.92 Å². The zero-order chi connectivity index (χ0) is 22.8. The molecule has 0 aromatic heterocycles. The number of allylic oxidation sites excluding steroid dienone is 1. The number of carbonyl (C=O) groups excluding carboxylic acids is 2. The van der Waals surface area contributed by atoms with E-state index >= 15 is 0 Å². The number of aryl methyl sites for hydroxylation is 1. The number of hydrogen-bond donors (Lipinski definition) is 1. The van der Waals surface area contributed by atoms with Gasteiger partial charge in [-0.25, -0.2) is 4.39 Å². The summed E-state index contributed by atoms with van der Waals surface area (Å²) in [5, 5.41) is 10.6. The van der Waals surface area contributed by atoms with Gasteiger partial charge in [0.15, 0.2) is 5.76 Å². The second kappa shape index (κ2) is 9.12. The topological polar surface area (TPSA) is 76.1 Å². The number of phenols is 1. The van der Waals surface area contributed by atoms with Gasteiger partial charge in [0.25, 0.3) is 0 Å². The lowest BCUT2D eigenvalue weighted by Gasteiger charge is -2.31. The Labute approximate surface area is 186 Å². The number of rotatable bonds is 5. The van der Waals surface area contributed by atoms with Crippen LogP contribution in [-0.2, 0) is 16.1 Å². The van der Waals surface area contributed by atoms with E-state index in [9.17, 15) is 19.1 Å². The summed E-state index contributed by atoms with van der Waals surface area (Å²) in [5.41, 5.74) is 2.10. The summed E-state index contributed by atoms with van der Waals surface area (Å²) in [4.78, 5) is 27.1. The van der Waals surface area contributed by atoms with Crippen LogP contribution in [0.25, 0.3) is 6.08 Å². The Bertz CT molecular complexity index is 1090. The molecule has 32 heavy (non-hydrogen) atoms. The zero-order valence-electron chi connectivity index (χ0n) is 18.2. The Morgan fingerprint density at radius 1 is 1.31 bits per heavy atom. The van der Waals surface area contributed by atoms with Gasteiger partial charge >= 0.3 is 5.97 Å². The van der Waals surface area contributed by atoms with Crippen LogP contribution < -0.4 is 4.74 Å². The van der Waals surface area contributed by atoms with Crippen molar-refractivity contribution in [2.45, 2.75) is 33.2 Å². The molecule has 7 heteroatoms. The van der Waals surface area contributed by atoms with Crippen LogP contribution in [0.1, 0.15) is 46.8 Å². The number of halogens is 1. The van der Waals surface area contributed by atoms with Gasteiger partial charge in [0, 0.05) is 6.54 Å². The Morgan fingerprint density at radius 2 is 2.06 bits per heavy atom. The van der Waals surface area contributed by atoms with Gasteiger partial charge in [0.1, 0.15) is 17.3 Å². The molecular weight excluding hydrogens is 413 g/mol. The number of aromatic hydroxyl groups is 1. The van der Waals surface area contributed by atoms with Crippen molar-refractivity contribution in [3.05, 3.63) is 64.2 Å². The molecule has 2 heterocycles. The molecule has 168 valence electrons. The van der Waals surface area contributed by atoms with E-state index in [4.69, 9.17) is 9.47 Å². The number of Topliss-reactive ketones (excluding diaryl/α,β-unsaturated/α-hetero) is 1. The average Bonchev–Trinajstić information content (AvgIpc) is 3.08. The summed E-state index contributed by atoms with van der Waals surface area (Å²) in [7, 11) is 0. The van der Waals surface area contributed by atoms with E-state index in [1.54, 1.807) is 32.0 Å². The van der Waals surface area contributed by atoms with Crippen molar-refractivity contribution < 1.29 is 28.6 Å². The van der Waals surface area contributed by atoms with Crippen molar-refractivity contribution >= 4 is 17.8 Å². The van der Waals surface area contributed by atoms with E-state index in [-0.39, 0.29) is 29.2 Å². The van der Waals surface area contributed by atoms with Crippen LogP contribution in [0, 0.1) is 18.7 Å². The molecule has 1 N–H and O–H groups in total. The van der Waals surface area contributed by atoms with E-state index in [1.165, 1.54) is 18.2 Å². The molecule has 2 aliphatic rings. The highest BCUT2D eigenvalue weighted by molar-refractivity contribution is 6.15. The van der Waals surface area contributed by atoms with Crippen molar-refractivity contribution in [1.82, 2.24) is 4.90 Å². The summed E-state index contributed by atoms with van der Waals surface area (Å²) >= 11 is 0. The minimum Gasteiger partial charge on any atom is -0.507 e. The first-order valence-electron chi connectivity index (χ1n) is 10.8. The zero-order valence-corrected chi connectivity index (χ0v) is 18.2. The number of likely N-dealkylation sites (tertiary alicyclic amines) is 1. The molecule has 2 aliphatic heterocycles. The van der Waals surface area contributed by atoms with E-state index in [0.29, 0.717) is 67.1 Å². The maximum Gasteiger partial charge on any atom is 0.309 e. The molecule has 1 fully saturated rings. The number of hydrogen-bond acceptors (Lipinski definition) is 6. The number of carbonyl (C=O) groups is 2. The molecule has 0 radical (unpaired) electrons. The fourth-order valence-electron chi connectivity index (χ4n) is 4.29. The van der Waals surface area contributed by atoms with Crippen LogP contribution in [0.15, 0.2) is 36.1 Å². The van der Waals surface area contributed by atoms with Crippen LogP contribution in [0.4, 0.5) is 4.39 Å². The van der Waals surface area contributed by atoms with Gasteiger partial charge < -0.3 is 14.6 Å².